The first-order chi connectivity index (χ1) is 12.2. The van der Waals surface area contributed by atoms with E-state index in [-0.39, 0.29) is 6.04 Å². The first-order valence-electron chi connectivity index (χ1n) is 8.83. The maximum atomic E-state index is 12.7. The number of aromatic nitrogens is 2. The summed E-state index contributed by atoms with van der Waals surface area (Å²) >= 11 is 0. The van der Waals surface area contributed by atoms with E-state index in [0.717, 1.165) is 48.7 Å². The van der Waals surface area contributed by atoms with Crippen LogP contribution < -0.4 is 0 Å². The van der Waals surface area contributed by atoms with Gasteiger partial charge >= 0.3 is 6.18 Å². The molecule has 0 saturated carbocycles. The van der Waals surface area contributed by atoms with Crippen molar-refractivity contribution in [3.8, 4) is 0 Å². The quantitative estimate of drug-likeness (QED) is 0.891. The van der Waals surface area contributed by atoms with Crippen LogP contribution in [0.4, 0.5) is 13.2 Å². The molecule has 0 amide bonds. The average molecular weight is 367 g/mol. The highest BCUT2D eigenvalue weighted by Gasteiger charge is 2.34. The van der Waals surface area contributed by atoms with Crippen molar-refractivity contribution in [2.24, 2.45) is 0 Å². The summed E-state index contributed by atoms with van der Waals surface area (Å²) in [5, 5.41) is 14.2. The highest BCUT2D eigenvalue weighted by Crippen LogP contribution is 2.30. The van der Waals surface area contributed by atoms with Gasteiger partial charge < -0.3 is 10.0 Å². The van der Waals surface area contributed by atoms with Crippen LogP contribution in [-0.2, 0) is 6.18 Å². The Morgan fingerprint density at radius 1 is 1.15 bits per heavy atom. The number of alkyl halides is 3. The van der Waals surface area contributed by atoms with Gasteiger partial charge in [-0.1, -0.05) is 29.3 Å². The fourth-order valence-electron chi connectivity index (χ4n) is 3.61. The molecule has 0 aliphatic carbocycles. The Labute approximate surface area is 151 Å². The van der Waals surface area contributed by atoms with Gasteiger partial charge in [0.25, 0.3) is 0 Å². The summed E-state index contributed by atoms with van der Waals surface area (Å²) in [5.41, 5.74) is 2.31. The first-order valence-corrected chi connectivity index (χ1v) is 8.83. The van der Waals surface area contributed by atoms with E-state index in [1.54, 1.807) is 0 Å². The number of piperidine rings is 1. The van der Waals surface area contributed by atoms with Crippen molar-refractivity contribution < 1.29 is 18.3 Å². The first kappa shape index (κ1) is 18.9. The second-order valence-electron chi connectivity index (χ2n) is 7.15. The molecule has 0 spiro atoms. The molecule has 4 nitrogen and oxygen atoms in total. The van der Waals surface area contributed by atoms with Crippen molar-refractivity contribution in [1.29, 1.82) is 0 Å². The van der Waals surface area contributed by atoms with Crippen molar-refractivity contribution in [3.05, 3.63) is 52.8 Å². The molecule has 1 aliphatic heterocycles. The fraction of sp³-hybridized carbons (Fsp3) is 0.526. The van der Waals surface area contributed by atoms with E-state index in [1.165, 1.54) is 10.9 Å². The Morgan fingerprint density at radius 3 is 2.31 bits per heavy atom. The third-order valence-corrected chi connectivity index (χ3v) is 4.89. The summed E-state index contributed by atoms with van der Waals surface area (Å²) < 4.78 is 39.5. The van der Waals surface area contributed by atoms with E-state index in [1.807, 2.05) is 26.0 Å². The van der Waals surface area contributed by atoms with Gasteiger partial charge in [-0.25, -0.2) is 0 Å². The van der Waals surface area contributed by atoms with Crippen molar-refractivity contribution in [2.45, 2.75) is 45.0 Å². The molecule has 1 saturated heterocycles. The Hall–Kier alpha value is -1.86. The zero-order valence-corrected chi connectivity index (χ0v) is 15.0. The number of benzene rings is 1. The molecular formula is C19H24F3N3O. The van der Waals surface area contributed by atoms with Crippen molar-refractivity contribution in [2.75, 3.05) is 19.6 Å². The Balaban J connectivity index is 1.56. The maximum Gasteiger partial charge on any atom is 0.435 e. The molecule has 0 radical (unpaired) electrons. The molecule has 1 aliphatic rings. The molecule has 2 aromatic rings. The van der Waals surface area contributed by atoms with Crippen LogP contribution in [0.2, 0.25) is 0 Å². The summed E-state index contributed by atoms with van der Waals surface area (Å²) in [6.45, 7) is 6.01. The van der Waals surface area contributed by atoms with Crippen molar-refractivity contribution in [1.82, 2.24) is 14.7 Å². The summed E-state index contributed by atoms with van der Waals surface area (Å²) in [4.78, 5) is 2.16. The van der Waals surface area contributed by atoms with Gasteiger partial charge in [0, 0.05) is 25.8 Å². The van der Waals surface area contributed by atoms with Gasteiger partial charge in [0.2, 0.25) is 0 Å². The number of hydrogen-bond acceptors (Lipinski definition) is 3. The molecule has 1 unspecified atom stereocenters. The summed E-state index contributed by atoms with van der Waals surface area (Å²) in [5.74, 6) is 0. The lowest BCUT2D eigenvalue weighted by atomic mass is 10.0. The van der Waals surface area contributed by atoms with E-state index in [2.05, 4.69) is 16.1 Å². The van der Waals surface area contributed by atoms with E-state index >= 15 is 0 Å². The third kappa shape index (κ3) is 4.45. The average Bonchev–Trinajstić information content (AvgIpc) is 3.05. The molecule has 2 heterocycles. The lowest BCUT2D eigenvalue weighted by Crippen LogP contribution is -2.37. The molecule has 0 bridgehead atoms. The molecule has 1 N–H and O–H groups in total. The number of halogens is 3. The monoisotopic (exact) mass is 367 g/mol. The number of hydrogen-bond donors (Lipinski definition) is 1. The van der Waals surface area contributed by atoms with E-state index in [4.69, 9.17) is 0 Å². The van der Waals surface area contributed by atoms with Crippen molar-refractivity contribution >= 4 is 0 Å². The van der Waals surface area contributed by atoms with Gasteiger partial charge in [-0.3, -0.25) is 4.68 Å². The lowest BCUT2D eigenvalue weighted by molar-refractivity contribution is -0.141. The minimum atomic E-state index is -4.40. The van der Waals surface area contributed by atoms with E-state index in [9.17, 15) is 18.3 Å². The highest BCUT2D eigenvalue weighted by molar-refractivity contribution is 5.30. The summed E-state index contributed by atoms with van der Waals surface area (Å²) in [6, 6.07) is 7.05. The highest BCUT2D eigenvalue weighted by atomic mass is 19.4. The van der Waals surface area contributed by atoms with Crippen LogP contribution in [0.25, 0.3) is 0 Å². The number of rotatable bonds is 4. The van der Waals surface area contributed by atoms with Crippen LogP contribution in [0.5, 0.6) is 0 Å². The van der Waals surface area contributed by atoms with E-state index < -0.39 is 18.0 Å². The topological polar surface area (TPSA) is 41.3 Å². The molecule has 26 heavy (non-hydrogen) atoms. The SMILES string of the molecule is Cc1cc(C)cc(C(O)CN2CCC(n3ccc(C(F)(F)F)n3)CC2)c1. The zero-order valence-electron chi connectivity index (χ0n) is 15.0. The summed E-state index contributed by atoms with van der Waals surface area (Å²) in [6.07, 6.45) is -2.11. The van der Waals surface area contributed by atoms with Gasteiger partial charge in [0.1, 0.15) is 0 Å². The maximum absolute atomic E-state index is 12.7. The van der Waals surface area contributed by atoms with Crippen LogP contribution in [0, 0.1) is 13.8 Å². The van der Waals surface area contributed by atoms with Crippen LogP contribution in [0.1, 0.15) is 47.4 Å². The second-order valence-corrected chi connectivity index (χ2v) is 7.15. The molecule has 1 aromatic heterocycles. The Kier molecular flexibility index (Phi) is 5.39. The second kappa shape index (κ2) is 7.40. The predicted octanol–water partition coefficient (Wildman–Crippen LogP) is 3.89. The number of aliphatic hydroxyl groups is 1. The number of aryl methyl sites for hydroxylation is 2. The number of aliphatic hydroxyl groups excluding tert-OH is 1. The normalized spacial score (nSPS) is 18.2. The Bertz CT molecular complexity index is 728. The minimum Gasteiger partial charge on any atom is -0.387 e. The lowest BCUT2D eigenvalue weighted by Gasteiger charge is -2.33. The third-order valence-electron chi connectivity index (χ3n) is 4.89. The van der Waals surface area contributed by atoms with E-state index in [0.29, 0.717) is 6.54 Å². The van der Waals surface area contributed by atoms with Crippen LogP contribution in [0.3, 0.4) is 0 Å². The number of β-amino-alcohol motifs (C(OH)–C–C–N with tert-alkyl or cyclic N) is 1. The molecular weight excluding hydrogens is 343 g/mol. The van der Waals surface area contributed by atoms with Gasteiger partial charge in [0.15, 0.2) is 5.69 Å². The number of nitrogens with zero attached hydrogens (tertiary/aromatic N) is 3. The number of likely N-dealkylation sites (tertiary alicyclic amines) is 1. The minimum absolute atomic E-state index is 0.0271. The Morgan fingerprint density at radius 2 is 1.77 bits per heavy atom. The van der Waals surface area contributed by atoms with Crippen LogP contribution in [-0.4, -0.2) is 39.4 Å². The molecule has 142 valence electrons. The zero-order chi connectivity index (χ0) is 18.9. The molecule has 1 aromatic carbocycles. The molecule has 3 rings (SSSR count). The van der Waals surface area contributed by atoms with Gasteiger partial charge in [0.05, 0.1) is 12.1 Å². The predicted molar refractivity (Wildman–Crippen MR) is 92.8 cm³/mol. The smallest absolute Gasteiger partial charge is 0.387 e. The van der Waals surface area contributed by atoms with Gasteiger partial charge in [-0.15, -0.1) is 0 Å². The molecule has 1 fully saturated rings. The molecule has 7 heteroatoms. The van der Waals surface area contributed by atoms with Gasteiger partial charge in [-0.05, 0) is 38.3 Å². The van der Waals surface area contributed by atoms with Gasteiger partial charge in [-0.2, -0.15) is 18.3 Å². The van der Waals surface area contributed by atoms with Crippen molar-refractivity contribution in [3.63, 3.8) is 0 Å². The fourth-order valence-corrected chi connectivity index (χ4v) is 3.61. The largest absolute Gasteiger partial charge is 0.435 e. The van der Waals surface area contributed by atoms with Crippen LogP contribution in [0.15, 0.2) is 30.5 Å². The summed E-state index contributed by atoms with van der Waals surface area (Å²) in [7, 11) is 0. The van der Waals surface area contributed by atoms with Crippen LogP contribution >= 0.6 is 0 Å². The standard InChI is InChI=1S/C19H24F3N3O/c1-13-9-14(2)11-15(10-13)17(26)12-24-6-3-16(4-7-24)25-8-5-18(23-25)19(20,21)22/h5,8-11,16-17,26H,3-4,6-7,12H2,1-2H3. The molecule has 1 atom stereocenters.